The molecule has 1 fully saturated rings. The molecule has 0 spiro atoms. The summed E-state index contributed by atoms with van der Waals surface area (Å²) in [4.78, 5) is 2.34. The van der Waals surface area contributed by atoms with Gasteiger partial charge in [0.05, 0.1) is 11.0 Å². The van der Waals surface area contributed by atoms with Gasteiger partial charge in [-0.05, 0) is 66.8 Å². The fraction of sp³-hybridized carbons (Fsp3) is 0.333. The van der Waals surface area contributed by atoms with E-state index in [1.807, 2.05) is 37.3 Å². The zero-order chi connectivity index (χ0) is 17.5. The number of hydrogen-bond acceptors (Lipinski definition) is 4. The van der Waals surface area contributed by atoms with Gasteiger partial charge in [0.1, 0.15) is 0 Å². The molecule has 0 aliphatic carbocycles. The molecule has 1 heterocycles. The van der Waals surface area contributed by atoms with Crippen molar-refractivity contribution in [2.24, 2.45) is 5.14 Å². The Bertz CT molecular complexity index is 861. The van der Waals surface area contributed by atoms with Gasteiger partial charge < -0.3 is 10.0 Å². The van der Waals surface area contributed by atoms with E-state index >= 15 is 0 Å². The van der Waals surface area contributed by atoms with Crippen LogP contribution in [0.25, 0.3) is 11.1 Å². The molecule has 2 aromatic rings. The summed E-state index contributed by atoms with van der Waals surface area (Å²) in [5.41, 5.74) is 4.62. The van der Waals surface area contributed by atoms with Crippen molar-refractivity contribution in [2.45, 2.75) is 31.3 Å². The first kappa shape index (κ1) is 17.0. The average molecular weight is 346 g/mol. The van der Waals surface area contributed by atoms with Crippen LogP contribution in [0.3, 0.4) is 0 Å². The molecule has 1 atom stereocenters. The van der Waals surface area contributed by atoms with Gasteiger partial charge in [-0.2, -0.15) is 0 Å². The number of rotatable bonds is 3. The number of sulfonamides is 1. The lowest BCUT2D eigenvalue weighted by Gasteiger charge is -2.18. The Morgan fingerprint density at radius 1 is 1.12 bits per heavy atom. The summed E-state index contributed by atoms with van der Waals surface area (Å²) in [7, 11) is -3.71. The number of anilines is 1. The molecule has 1 saturated heterocycles. The molecule has 1 unspecified atom stereocenters. The van der Waals surface area contributed by atoms with Crippen molar-refractivity contribution < 1.29 is 13.5 Å². The van der Waals surface area contributed by atoms with E-state index in [2.05, 4.69) is 4.90 Å². The highest BCUT2D eigenvalue weighted by molar-refractivity contribution is 7.89. The highest BCUT2D eigenvalue weighted by Crippen LogP contribution is 2.30. The van der Waals surface area contributed by atoms with Gasteiger partial charge in [-0.3, -0.25) is 0 Å². The van der Waals surface area contributed by atoms with Gasteiger partial charge in [0, 0.05) is 18.8 Å². The Balaban J connectivity index is 1.93. The molecule has 0 saturated carbocycles. The maximum absolute atomic E-state index is 11.6. The van der Waals surface area contributed by atoms with Gasteiger partial charge in [-0.1, -0.05) is 12.1 Å². The molecule has 1 aliphatic heterocycles. The summed E-state index contributed by atoms with van der Waals surface area (Å²) < 4.78 is 23.2. The van der Waals surface area contributed by atoms with E-state index in [0.717, 1.165) is 35.3 Å². The van der Waals surface area contributed by atoms with E-state index in [9.17, 15) is 13.5 Å². The first-order valence-electron chi connectivity index (χ1n) is 7.93. The lowest BCUT2D eigenvalue weighted by molar-refractivity contribution is 0.198. The number of benzene rings is 2. The fourth-order valence-electron chi connectivity index (χ4n) is 3.24. The first-order valence-corrected chi connectivity index (χ1v) is 9.48. The minimum absolute atomic E-state index is 0.173. The van der Waals surface area contributed by atoms with Gasteiger partial charge in [-0.15, -0.1) is 0 Å². The highest BCUT2D eigenvalue weighted by atomic mass is 32.2. The molecule has 5 nitrogen and oxygen atoms in total. The van der Waals surface area contributed by atoms with Gasteiger partial charge in [0.25, 0.3) is 0 Å². The SMILES string of the molecule is Cc1cc(S(N)(=O)=O)c(C)cc1-c1ccc(N2CCC(O)C2)cc1. The average Bonchev–Trinajstić information content (AvgIpc) is 2.95. The zero-order valence-corrected chi connectivity index (χ0v) is 14.7. The Morgan fingerprint density at radius 2 is 1.79 bits per heavy atom. The number of aryl methyl sites for hydroxylation is 2. The number of nitrogens with zero attached hydrogens (tertiary/aromatic N) is 1. The van der Waals surface area contributed by atoms with Crippen molar-refractivity contribution in [1.82, 2.24) is 0 Å². The molecule has 0 radical (unpaired) electrons. The smallest absolute Gasteiger partial charge is 0.238 e. The van der Waals surface area contributed by atoms with Crippen LogP contribution in [0.15, 0.2) is 41.3 Å². The van der Waals surface area contributed by atoms with Crippen LogP contribution < -0.4 is 10.0 Å². The van der Waals surface area contributed by atoms with E-state index in [1.165, 1.54) is 0 Å². The van der Waals surface area contributed by atoms with E-state index in [-0.39, 0.29) is 11.0 Å². The van der Waals surface area contributed by atoms with Crippen LogP contribution in [0.5, 0.6) is 0 Å². The van der Waals surface area contributed by atoms with Crippen LogP contribution in [0.4, 0.5) is 5.69 Å². The standard InChI is InChI=1S/C18H22N2O3S/c1-12-10-18(24(19,22)23)13(2)9-17(12)14-3-5-15(6-4-14)20-8-7-16(21)11-20/h3-6,9-10,16,21H,7-8,11H2,1-2H3,(H2,19,22,23). The Labute approximate surface area is 142 Å². The largest absolute Gasteiger partial charge is 0.391 e. The molecule has 0 aromatic heterocycles. The molecule has 0 bridgehead atoms. The van der Waals surface area contributed by atoms with Gasteiger partial charge >= 0.3 is 0 Å². The summed E-state index contributed by atoms with van der Waals surface area (Å²) in [5, 5.41) is 14.9. The van der Waals surface area contributed by atoms with Crippen LogP contribution in [0.1, 0.15) is 17.5 Å². The van der Waals surface area contributed by atoms with Crippen LogP contribution >= 0.6 is 0 Å². The minimum atomic E-state index is -3.71. The lowest BCUT2D eigenvalue weighted by Crippen LogP contribution is -2.20. The third kappa shape index (κ3) is 3.31. The molecule has 128 valence electrons. The summed E-state index contributed by atoms with van der Waals surface area (Å²) >= 11 is 0. The van der Waals surface area contributed by atoms with Crippen molar-refractivity contribution in [3.63, 3.8) is 0 Å². The number of nitrogens with two attached hydrogens (primary N) is 1. The number of primary sulfonamides is 1. The van der Waals surface area contributed by atoms with Crippen LogP contribution in [0, 0.1) is 13.8 Å². The third-order valence-corrected chi connectivity index (χ3v) is 5.59. The number of hydrogen-bond donors (Lipinski definition) is 2. The van der Waals surface area contributed by atoms with E-state index < -0.39 is 10.0 Å². The minimum Gasteiger partial charge on any atom is -0.391 e. The predicted octanol–water partition coefficient (Wildman–Crippen LogP) is 2.19. The van der Waals surface area contributed by atoms with Crippen molar-refractivity contribution in [3.8, 4) is 11.1 Å². The molecule has 2 aromatic carbocycles. The zero-order valence-electron chi connectivity index (χ0n) is 13.9. The Hall–Kier alpha value is -1.89. The van der Waals surface area contributed by atoms with E-state index in [4.69, 9.17) is 5.14 Å². The quantitative estimate of drug-likeness (QED) is 0.892. The third-order valence-electron chi connectivity index (χ3n) is 4.54. The Kier molecular flexibility index (Phi) is 4.38. The maximum Gasteiger partial charge on any atom is 0.238 e. The summed E-state index contributed by atoms with van der Waals surface area (Å²) in [6.45, 7) is 5.17. The van der Waals surface area contributed by atoms with Gasteiger partial charge in [0.2, 0.25) is 10.0 Å². The maximum atomic E-state index is 11.6. The van der Waals surface area contributed by atoms with E-state index in [1.54, 1.807) is 13.0 Å². The Morgan fingerprint density at radius 3 is 2.33 bits per heavy atom. The van der Waals surface area contributed by atoms with Crippen molar-refractivity contribution in [1.29, 1.82) is 0 Å². The van der Waals surface area contributed by atoms with Crippen LogP contribution in [-0.4, -0.2) is 32.7 Å². The van der Waals surface area contributed by atoms with Crippen molar-refractivity contribution >= 4 is 15.7 Å². The molecule has 1 aliphatic rings. The summed E-state index contributed by atoms with van der Waals surface area (Å²) in [6.07, 6.45) is 0.551. The monoisotopic (exact) mass is 346 g/mol. The summed E-state index contributed by atoms with van der Waals surface area (Å²) in [5.74, 6) is 0. The second-order valence-electron chi connectivity index (χ2n) is 6.41. The molecular formula is C18H22N2O3S. The molecular weight excluding hydrogens is 324 g/mol. The number of β-amino-alcohol motifs (C(OH)–C–C–N with tert-alkyl or cyclic N) is 1. The molecule has 3 rings (SSSR count). The molecule has 6 heteroatoms. The van der Waals surface area contributed by atoms with Crippen LogP contribution in [0.2, 0.25) is 0 Å². The predicted molar refractivity (Wildman–Crippen MR) is 95.6 cm³/mol. The number of aliphatic hydroxyl groups is 1. The van der Waals surface area contributed by atoms with Crippen molar-refractivity contribution in [2.75, 3.05) is 18.0 Å². The number of aliphatic hydroxyl groups excluding tert-OH is 1. The molecule has 3 N–H and O–H groups in total. The lowest BCUT2D eigenvalue weighted by atomic mass is 9.98. The second kappa shape index (κ2) is 6.20. The van der Waals surface area contributed by atoms with Crippen LogP contribution in [-0.2, 0) is 10.0 Å². The normalized spacial score (nSPS) is 18.2. The molecule has 0 amide bonds. The summed E-state index contributed by atoms with van der Waals surface area (Å²) in [6, 6.07) is 11.6. The first-order chi connectivity index (χ1) is 11.3. The van der Waals surface area contributed by atoms with Gasteiger partial charge in [0.15, 0.2) is 0 Å². The molecule has 24 heavy (non-hydrogen) atoms. The second-order valence-corrected chi connectivity index (χ2v) is 7.94. The van der Waals surface area contributed by atoms with Crippen molar-refractivity contribution in [3.05, 3.63) is 47.5 Å². The topological polar surface area (TPSA) is 83.6 Å². The fourth-order valence-corrected chi connectivity index (χ4v) is 4.08. The highest BCUT2D eigenvalue weighted by Gasteiger charge is 2.20. The van der Waals surface area contributed by atoms with Gasteiger partial charge in [-0.25, -0.2) is 13.6 Å². The van der Waals surface area contributed by atoms with E-state index in [0.29, 0.717) is 12.1 Å².